The van der Waals surface area contributed by atoms with Crippen molar-refractivity contribution < 1.29 is 14.3 Å². The van der Waals surface area contributed by atoms with E-state index in [1.165, 1.54) is 0 Å². The van der Waals surface area contributed by atoms with Crippen LogP contribution in [-0.4, -0.2) is 40.3 Å². The highest BCUT2D eigenvalue weighted by molar-refractivity contribution is 6.30. The lowest BCUT2D eigenvalue weighted by Crippen LogP contribution is -2.47. The van der Waals surface area contributed by atoms with Gasteiger partial charge in [-0.05, 0) is 24.3 Å². The van der Waals surface area contributed by atoms with Crippen LogP contribution in [0.15, 0.2) is 48.5 Å². The van der Waals surface area contributed by atoms with Crippen molar-refractivity contribution in [2.75, 3.05) is 13.2 Å². The number of halogens is 1. The summed E-state index contributed by atoms with van der Waals surface area (Å²) in [6.45, 7) is 1.33. The lowest BCUT2D eigenvalue weighted by Gasteiger charge is -2.32. The molecule has 0 fully saturated rings. The van der Waals surface area contributed by atoms with Gasteiger partial charge in [0.15, 0.2) is 11.5 Å². The number of carbonyl (C=O) groups is 1. The fourth-order valence-electron chi connectivity index (χ4n) is 3.67. The molecule has 0 aliphatic carbocycles. The van der Waals surface area contributed by atoms with E-state index >= 15 is 0 Å². The number of nitrogens with one attached hydrogen (secondary N) is 1. The zero-order valence-electron chi connectivity index (χ0n) is 15.0. The molecular formula is C21H18ClN3O3. The van der Waals surface area contributed by atoms with Crippen LogP contribution in [0.1, 0.15) is 11.3 Å². The SMILES string of the molecule is O=C(C1COc2ccccc2O1)N1CCc2[nH]nc(-c3ccc(Cl)cc3)c2C1. The predicted molar refractivity (Wildman–Crippen MR) is 105 cm³/mol. The highest BCUT2D eigenvalue weighted by Gasteiger charge is 2.34. The zero-order chi connectivity index (χ0) is 19.1. The highest BCUT2D eigenvalue weighted by atomic mass is 35.5. The van der Waals surface area contributed by atoms with E-state index in [1.54, 1.807) is 0 Å². The van der Waals surface area contributed by atoms with Crippen molar-refractivity contribution in [1.82, 2.24) is 15.1 Å². The second-order valence-electron chi connectivity index (χ2n) is 6.91. The first-order valence-corrected chi connectivity index (χ1v) is 9.56. The molecule has 0 saturated carbocycles. The Labute approximate surface area is 167 Å². The molecule has 0 spiro atoms. The minimum atomic E-state index is -0.637. The van der Waals surface area contributed by atoms with Crippen LogP contribution in [-0.2, 0) is 17.8 Å². The Morgan fingerprint density at radius 1 is 1.14 bits per heavy atom. The Morgan fingerprint density at radius 2 is 1.93 bits per heavy atom. The fraction of sp³-hybridized carbons (Fsp3) is 0.238. The second-order valence-corrected chi connectivity index (χ2v) is 7.35. The summed E-state index contributed by atoms with van der Waals surface area (Å²) in [6.07, 6.45) is 0.0913. The van der Waals surface area contributed by atoms with Gasteiger partial charge >= 0.3 is 0 Å². The van der Waals surface area contributed by atoms with Gasteiger partial charge in [-0.25, -0.2) is 0 Å². The van der Waals surface area contributed by atoms with Gasteiger partial charge in [-0.15, -0.1) is 0 Å². The Bertz CT molecular complexity index is 1030. The molecule has 1 unspecified atom stereocenters. The Balaban J connectivity index is 1.36. The van der Waals surface area contributed by atoms with Crippen molar-refractivity contribution in [3.05, 3.63) is 64.8 Å². The number of para-hydroxylation sites is 2. The Hall–Kier alpha value is -2.99. The number of amides is 1. The largest absolute Gasteiger partial charge is 0.485 e. The van der Waals surface area contributed by atoms with Crippen molar-refractivity contribution in [3.63, 3.8) is 0 Å². The molecule has 28 heavy (non-hydrogen) atoms. The van der Waals surface area contributed by atoms with Crippen molar-refractivity contribution in [2.45, 2.75) is 19.1 Å². The number of H-pyrrole nitrogens is 1. The van der Waals surface area contributed by atoms with Gasteiger partial charge in [0.2, 0.25) is 6.10 Å². The fourth-order valence-corrected chi connectivity index (χ4v) is 3.80. The molecule has 6 nitrogen and oxygen atoms in total. The third kappa shape index (κ3) is 2.99. The molecule has 0 bridgehead atoms. The predicted octanol–water partition coefficient (Wildman–Crippen LogP) is 3.45. The molecule has 1 amide bonds. The van der Waals surface area contributed by atoms with Gasteiger partial charge in [0.25, 0.3) is 5.91 Å². The van der Waals surface area contributed by atoms with E-state index < -0.39 is 6.10 Å². The minimum absolute atomic E-state index is 0.0663. The normalized spacial score (nSPS) is 17.9. The van der Waals surface area contributed by atoms with Crippen LogP contribution >= 0.6 is 11.6 Å². The summed E-state index contributed by atoms with van der Waals surface area (Å²) >= 11 is 6.00. The van der Waals surface area contributed by atoms with Gasteiger partial charge in [-0.3, -0.25) is 9.89 Å². The number of rotatable bonds is 2. The molecule has 142 valence electrons. The quantitative estimate of drug-likeness (QED) is 0.721. The number of carbonyl (C=O) groups excluding carboxylic acids is 1. The number of nitrogens with zero attached hydrogens (tertiary/aromatic N) is 2. The molecule has 2 aliphatic rings. The molecule has 1 aromatic heterocycles. The number of fused-ring (bicyclic) bond motifs is 2. The van der Waals surface area contributed by atoms with Gasteiger partial charge in [0.1, 0.15) is 6.61 Å². The van der Waals surface area contributed by atoms with Crippen molar-refractivity contribution in [1.29, 1.82) is 0 Å². The van der Waals surface area contributed by atoms with Crippen molar-refractivity contribution in [3.8, 4) is 22.8 Å². The lowest BCUT2D eigenvalue weighted by molar-refractivity contribution is -0.142. The third-order valence-corrected chi connectivity index (χ3v) is 5.40. The first-order chi connectivity index (χ1) is 13.7. The molecule has 0 saturated heterocycles. The van der Waals surface area contributed by atoms with E-state index in [-0.39, 0.29) is 12.5 Å². The monoisotopic (exact) mass is 395 g/mol. The number of hydrogen-bond acceptors (Lipinski definition) is 4. The second kappa shape index (κ2) is 6.87. The molecule has 3 aromatic rings. The Kier molecular flexibility index (Phi) is 4.20. The van der Waals surface area contributed by atoms with Crippen LogP contribution in [0.4, 0.5) is 0 Å². The van der Waals surface area contributed by atoms with Crippen molar-refractivity contribution in [2.24, 2.45) is 0 Å². The standard InChI is InChI=1S/C21H18ClN3O3/c22-14-7-5-13(6-8-14)20-15-11-25(10-9-16(15)23-24-20)21(26)19-12-27-17-3-1-2-4-18(17)28-19/h1-8,19H,9-12H2,(H,23,24). The van der Waals surface area contributed by atoms with Crippen LogP contribution in [0.2, 0.25) is 5.02 Å². The number of benzene rings is 2. The molecular weight excluding hydrogens is 378 g/mol. The lowest BCUT2D eigenvalue weighted by atomic mass is 10.0. The van der Waals surface area contributed by atoms with E-state index in [0.29, 0.717) is 29.6 Å². The van der Waals surface area contributed by atoms with Crippen LogP contribution in [0.25, 0.3) is 11.3 Å². The zero-order valence-corrected chi connectivity index (χ0v) is 15.8. The van der Waals surface area contributed by atoms with E-state index in [9.17, 15) is 4.79 Å². The average molecular weight is 396 g/mol. The third-order valence-electron chi connectivity index (χ3n) is 5.15. The highest BCUT2D eigenvalue weighted by Crippen LogP contribution is 2.33. The molecule has 2 aromatic carbocycles. The number of hydrogen-bond donors (Lipinski definition) is 1. The summed E-state index contributed by atoms with van der Waals surface area (Å²) in [5.41, 5.74) is 3.94. The molecule has 3 heterocycles. The van der Waals surface area contributed by atoms with Gasteiger partial charge in [-0.1, -0.05) is 35.9 Å². The van der Waals surface area contributed by atoms with Gasteiger partial charge in [0.05, 0.1) is 5.69 Å². The summed E-state index contributed by atoms with van der Waals surface area (Å²) in [4.78, 5) is 14.9. The minimum Gasteiger partial charge on any atom is -0.485 e. The smallest absolute Gasteiger partial charge is 0.267 e. The van der Waals surface area contributed by atoms with E-state index in [1.807, 2.05) is 53.4 Å². The van der Waals surface area contributed by atoms with Crippen LogP contribution in [0.5, 0.6) is 11.5 Å². The van der Waals surface area contributed by atoms with Gasteiger partial charge in [0, 0.05) is 41.4 Å². The number of aromatic nitrogens is 2. The van der Waals surface area contributed by atoms with E-state index in [2.05, 4.69) is 10.2 Å². The summed E-state index contributed by atoms with van der Waals surface area (Å²) in [7, 11) is 0. The van der Waals surface area contributed by atoms with E-state index in [0.717, 1.165) is 28.9 Å². The summed E-state index contributed by atoms with van der Waals surface area (Å²) < 4.78 is 11.6. The maximum absolute atomic E-state index is 13.1. The summed E-state index contributed by atoms with van der Waals surface area (Å²) in [5.74, 6) is 1.21. The molecule has 7 heteroatoms. The molecule has 1 atom stereocenters. The molecule has 0 radical (unpaired) electrons. The van der Waals surface area contributed by atoms with Crippen molar-refractivity contribution >= 4 is 17.5 Å². The average Bonchev–Trinajstić information content (AvgIpc) is 3.16. The van der Waals surface area contributed by atoms with Crippen LogP contribution in [0, 0.1) is 0 Å². The van der Waals surface area contributed by atoms with E-state index in [4.69, 9.17) is 21.1 Å². The molecule has 1 N–H and O–H groups in total. The first kappa shape index (κ1) is 17.1. The molecule has 5 rings (SSSR count). The molecule has 2 aliphatic heterocycles. The van der Waals surface area contributed by atoms with Gasteiger partial charge in [-0.2, -0.15) is 5.10 Å². The topological polar surface area (TPSA) is 67.5 Å². The summed E-state index contributed by atoms with van der Waals surface area (Å²) in [6, 6.07) is 15.0. The van der Waals surface area contributed by atoms with Crippen LogP contribution < -0.4 is 9.47 Å². The maximum Gasteiger partial charge on any atom is 0.267 e. The number of ether oxygens (including phenoxy) is 2. The summed E-state index contributed by atoms with van der Waals surface area (Å²) in [5, 5.41) is 8.27. The van der Waals surface area contributed by atoms with Crippen LogP contribution in [0.3, 0.4) is 0 Å². The first-order valence-electron chi connectivity index (χ1n) is 9.18. The van der Waals surface area contributed by atoms with Gasteiger partial charge < -0.3 is 14.4 Å². The number of aromatic amines is 1. The Morgan fingerprint density at radius 3 is 2.75 bits per heavy atom. The maximum atomic E-state index is 13.1.